The largest absolute Gasteiger partial charge is 0.451 e. The Kier molecular flexibility index (Phi) is 5.51. The molecule has 23 heavy (non-hydrogen) atoms. The van der Waals surface area contributed by atoms with Gasteiger partial charge in [0.2, 0.25) is 0 Å². The van der Waals surface area contributed by atoms with E-state index >= 15 is 0 Å². The van der Waals surface area contributed by atoms with Gasteiger partial charge in [0.1, 0.15) is 0 Å². The van der Waals surface area contributed by atoms with Crippen LogP contribution in [0.4, 0.5) is 0 Å². The van der Waals surface area contributed by atoms with Crippen LogP contribution in [-0.2, 0) is 24.4 Å². The third-order valence-corrected chi connectivity index (χ3v) is 5.39. The van der Waals surface area contributed by atoms with Crippen LogP contribution >= 0.6 is 0 Å². The Morgan fingerprint density at radius 1 is 1.30 bits per heavy atom. The second kappa shape index (κ2) is 7.20. The fraction of sp³-hybridized carbons (Fsp3) is 0.467. The predicted molar refractivity (Wildman–Crippen MR) is 81.1 cm³/mol. The molecule has 1 aromatic carbocycles. The molecule has 1 atom stereocenters. The molecular weight excluding hydrogens is 322 g/mol. The number of hydroxylamine groups is 1. The van der Waals surface area contributed by atoms with Crippen LogP contribution in [0.2, 0.25) is 0 Å². The van der Waals surface area contributed by atoms with Crippen molar-refractivity contribution in [3.05, 3.63) is 29.8 Å². The maximum absolute atomic E-state index is 12.2. The van der Waals surface area contributed by atoms with E-state index < -0.39 is 22.1 Å². The highest BCUT2D eigenvalue weighted by Crippen LogP contribution is 2.20. The molecule has 0 N–H and O–H groups in total. The number of nitrogens with zero attached hydrogens (tertiary/aromatic N) is 1. The quantitative estimate of drug-likeness (QED) is 0.596. The van der Waals surface area contributed by atoms with Crippen molar-refractivity contribution in [3.8, 4) is 0 Å². The van der Waals surface area contributed by atoms with Gasteiger partial charge < -0.3 is 4.74 Å². The first kappa shape index (κ1) is 17.6. The molecule has 2 rings (SSSR count). The molecule has 0 bridgehead atoms. The molecule has 8 heteroatoms. The van der Waals surface area contributed by atoms with Gasteiger partial charge in [-0.1, -0.05) is 10.5 Å². The number of benzene rings is 1. The number of hydrogen-bond acceptors (Lipinski definition) is 6. The van der Waals surface area contributed by atoms with Crippen molar-refractivity contribution in [1.29, 1.82) is 0 Å². The van der Waals surface area contributed by atoms with Crippen molar-refractivity contribution >= 4 is 21.8 Å². The molecule has 1 aliphatic rings. The minimum atomic E-state index is -3.85. The van der Waals surface area contributed by atoms with Crippen molar-refractivity contribution < 1.29 is 27.6 Å². The van der Waals surface area contributed by atoms with Gasteiger partial charge in [-0.25, -0.2) is 13.2 Å². The first-order chi connectivity index (χ1) is 10.9. The maximum Gasteiger partial charge on any atom is 0.338 e. The van der Waals surface area contributed by atoms with Gasteiger partial charge in [0.25, 0.3) is 10.0 Å². The van der Waals surface area contributed by atoms with E-state index in [-0.39, 0.29) is 16.2 Å². The average Bonchev–Trinajstić information content (AvgIpc) is 2.56. The number of Topliss-reactive ketones (excluding diaryl/α,β-unsaturated/α-hetero) is 1. The summed E-state index contributed by atoms with van der Waals surface area (Å²) in [7, 11) is -1.37. The summed E-state index contributed by atoms with van der Waals surface area (Å²) in [6.07, 6.45) is 1.82. The van der Waals surface area contributed by atoms with Crippen LogP contribution in [-0.4, -0.2) is 44.9 Å². The molecule has 1 saturated carbocycles. The van der Waals surface area contributed by atoms with Crippen LogP contribution in [0.1, 0.15) is 36.0 Å². The summed E-state index contributed by atoms with van der Waals surface area (Å²) in [6, 6.07) is 5.45. The first-order valence-electron chi connectivity index (χ1n) is 7.23. The van der Waals surface area contributed by atoms with Crippen LogP contribution in [0.5, 0.6) is 0 Å². The minimum absolute atomic E-state index is 0.0777. The first-order valence-corrected chi connectivity index (χ1v) is 8.67. The summed E-state index contributed by atoms with van der Waals surface area (Å²) < 4.78 is 30.3. The number of ether oxygens (including phenoxy) is 1. The molecule has 1 aromatic rings. The normalized spacial score (nSPS) is 18.9. The lowest BCUT2D eigenvalue weighted by Gasteiger charge is -2.20. The van der Waals surface area contributed by atoms with Crippen molar-refractivity contribution in [2.45, 2.75) is 36.7 Å². The highest BCUT2D eigenvalue weighted by atomic mass is 32.2. The highest BCUT2D eigenvalue weighted by molar-refractivity contribution is 7.89. The van der Waals surface area contributed by atoms with Crippen LogP contribution in [0.15, 0.2) is 29.2 Å². The van der Waals surface area contributed by atoms with Gasteiger partial charge in [0, 0.05) is 13.5 Å². The molecule has 0 saturated heterocycles. The molecule has 0 unspecified atom stereocenters. The second-order valence-corrected chi connectivity index (χ2v) is 7.17. The Bertz CT molecular complexity index is 700. The van der Waals surface area contributed by atoms with E-state index in [1.807, 2.05) is 0 Å². The highest BCUT2D eigenvalue weighted by Gasteiger charge is 2.27. The Hall–Kier alpha value is -1.77. The summed E-state index contributed by atoms with van der Waals surface area (Å²) >= 11 is 0. The van der Waals surface area contributed by atoms with E-state index in [0.717, 1.165) is 12.8 Å². The topological polar surface area (TPSA) is 90.0 Å². The number of ketones is 1. The van der Waals surface area contributed by atoms with Gasteiger partial charge in [0.15, 0.2) is 11.9 Å². The molecular formula is C15H19NO6S. The molecule has 1 aliphatic carbocycles. The summed E-state index contributed by atoms with van der Waals surface area (Å²) in [5.41, 5.74) is 0.0777. The molecule has 1 fully saturated rings. The molecule has 0 heterocycles. The van der Waals surface area contributed by atoms with Gasteiger partial charge in [-0.3, -0.25) is 9.63 Å². The Morgan fingerprint density at radius 3 is 2.70 bits per heavy atom. The van der Waals surface area contributed by atoms with Crippen LogP contribution in [0.25, 0.3) is 0 Å². The third-order valence-electron chi connectivity index (χ3n) is 3.71. The van der Waals surface area contributed by atoms with E-state index in [0.29, 0.717) is 17.3 Å². The van der Waals surface area contributed by atoms with Gasteiger partial charge in [-0.05, 0) is 37.5 Å². The number of carbonyl (C=O) groups excluding carboxylic acids is 2. The molecule has 0 aromatic heterocycles. The molecule has 0 aliphatic heterocycles. The van der Waals surface area contributed by atoms with E-state index in [1.165, 1.54) is 38.4 Å². The lowest BCUT2D eigenvalue weighted by atomic mass is 9.96. The second-order valence-electron chi connectivity index (χ2n) is 5.23. The SMILES string of the molecule is CON(C)S(=O)(=O)c1cccc(C(=O)O[C@@H]2CCCCC2=O)c1. The molecule has 7 nitrogen and oxygen atoms in total. The summed E-state index contributed by atoms with van der Waals surface area (Å²) in [6.45, 7) is 0. The van der Waals surface area contributed by atoms with Crippen molar-refractivity contribution in [2.24, 2.45) is 0 Å². The smallest absolute Gasteiger partial charge is 0.338 e. The Labute approximate surface area is 135 Å². The zero-order valence-electron chi connectivity index (χ0n) is 13.0. The molecule has 0 spiro atoms. The Balaban J connectivity index is 2.19. The fourth-order valence-electron chi connectivity index (χ4n) is 2.30. The maximum atomic E-state index is 12.2. The molecule has 0 amide bonds. The minimum Gasteiger partial charge on any atom is -0.451 e. The number of esters is 1. The number of sulfonamides is 1. The van der Waals surface area contributed by atoms with Crippen LogP contribution < -0.4 is 0 Å². The van der Waals surface area contributed by atoms with Crippen molar-refractivity contribution in [2.75, 3.05) is 14.2 Å². The van der Waals surface area contributed by atoms with Gasteiger partial charge in [-0.2, -0.15) is 0 Å². The van der Waals surface area contributed by atoms with Crippen LogP contribution in [0.3, 0.4) is 0 Å². The average molecular weight is 341 g/mol. The summed E-state index contributed by atoms with van der Waals surface area (Å²) in [4.78, 5) is 28.5. The van der Waals surface area contributed by atoms with Gasteiger partial charge >= 0.3 is 5.97 Å². The number of rotatable bonds is 5. The third kappa shape index (κ3) is 3.95. The lowest BCUT2D eigenvalue weighted by Crippen LogP contribution is -2.30. The fourth-order valence-corrected chi connectivity index (χ4v) is 3.32. The van der Waals surface area contributed by atoms with Crippen LogP contribution in [0, 0.1) is 0 Å². The monoisotopic (exact) mass is 341 g/mol. The van der Waals surface area contributed by atoms with Gasteiger partial charge in [0.05, 0.1) is 17.6 Å². The summed E-state index contributed by atoms with van der Waals surface area (Å²) in [5.74, 6) is -0.796. The lowest BCUT2D eigenvalue weighted by molar-refractivity contribution is -0.129. The van der Waals surface area contributed by atoms with Gasteiger partial charge in [-0.15, -0.1) is 0 Å². The zero-order valence-corrected chi connectivity index (χ0v) is 13.8. The molecule has 126 valence electrons. The van der Waals surface area contributed by atoms with E-state index in [9.17, 15) is 18.0 Å². The van der Waals surface area contributed by atoms with E-state index in [4.69, 9.17) is 4.74 Å². The van der Waals surface area contributed by atoms with E-state index in [1.54, 1.807) is 0 Å². The molecule has 0 radical (unpaired) electrons. The zero-order chi connectivity index (χ0) is 17.0. The predicted octanol–water partition coefficient (Wildman–Crippen LogP) is 1.54. The summed E-state index contributed by atoms with van der Waals surface area (Å²) in [5, 5.41) is 0. The van der Waals surface area contributed by atoms with Crippen molar-refractivity contribution in [1.82, 2.24) is 4.47 Å². The van der Waals surface area contributed by atoms with Crippen molar-refractivity contribution in [3.63, 3.8) is 0 Å². The van der Waals surface area contributed by atoms with E-state index in [2.05, 4.69) is 4.84 Å². The standard InChI is InChI=1S/C15H19NO6S/c1-16(21-2)23(19,20)12-7-5-6-11(10-12)15(18)22-14-9-4-3-8-13(14)17/h5-7,10,14H,3-4,8-9H2,1-2H3/t14-/m1/s1. The number of hydrogen-bond donors (Lipinski definition) is 0. The Morgan fingerprint density at radius 2 is 2.04 bits per heavy atom. The number of carbonyl (C=O) groups is 2.